The number of Topliss-reactive ketones (excluding diaryl/α,β-unsaturated/α-hetero) is 1. The minimum atomic E-state index is -1.22. The second-order valence-electron chi connectivity index (χ2n) is 5.81. The van der Waals surface area contributed by atoms with Gasteiger partial charge in [0.2, 0.25) is 5.91 Å². The van der Waals surface area contributed by atoms with Crippen molar-refractivity contribution >= 4 is 11.7 Å². The Morgan fingerprint density at radius 1 is 1.39 bits per heavy atom. The number of nitrogens with one attached hydrogen (secondary N) is 1. The number of aryl methyl sites for hydroxylation is 1. The van der Waals surface area contributed by atoms with Crippen molar-refractivity contribution in [3.63, 3.8) is 0 Å². The van der Waals surface area contributed by atoms with Crippen LogP contribution in [0.25, 0.3) is 0 Å². The van der Waals surface area contributed by atoms with E-state index in [0.29, 0.717) is 12.5 Å². The van der Waals surface area contributed by atoms with Crippen LogP contribution in [-0.2, 0) is 16.0 Å². The minimum absolute atomic E-state index is 0.165. The highest BCUT2D eigenvalue weighted by Gasteiger charge is 2.24. The van der Waals surface area contributed by atoms with Crippen molar-refractivity contribution in [3.05, 3.63) is 29.8 Å². The van der Waals surface area contributed by atoms with Gasteiger partial charge in [0, 0.05) is 13.5 Å². The maximum atomic E-state index is 12.0. The summed E-state index contributed by atoms with van der Waals surface area (Å²) in [6, 6.07) is 9.46. The number of ketones is 1. The van der Waals surface area contributed by atoms with Crippen molar-refractivity contribution in [2.75, 3.05) is 7.05 Å². The van der Waals surface area contributed by atoms with Crippen LogP contribution in [0.5, 0.6) is 5.75 Å². The lowest BCUT2D eigenvalue weighted by Gasteiger charge is -2.14. The topological polar surface area (TPSA) is 79.2 Å². The molecule has 1 fully saturated rings. The molecule has 0 aromatic heterocycles. The van der Waals surface area contributed by atoms with Crippen molar-refractivity contribution in [3.8, 4) is 11.8 Å². The summed E-state index contributed by atoms with van der Waals surface area (Å²) in [7, 11) is 1.42. The molecule has 1 atom stereocenters. The first-order valence-corrected chi connectivity index (χ1v) is 8.03. The molecular weight excluding hydrogens is 292 g/mol. The standard InChI is InChI=1S/C18H22N2O3/c1-20-18(22)16(12-19)17(21)10-9-13-5-4-8-15(11-13)23-14-6-2-3-7-14/h4-5,8,11,14,16H,2-3,6-7,9-10H2,1H3,(H,20,22). The number of carbonyl (C=O) groups excluding carboxylic acids is 2. The average molecular weight is 314 g/mol. The molecule has 0 bridgehead atoms. The molecule has 1 aromatic carbocycles. The van der Waals surface area contributed by atoms with Crippen LogP contribution >= 0.6 is 0 Å². The van der Waals surface area contributed by atoms with E-state index in [9.17, 15) is 9.59 Å². The summed E-state index contributed by atoms with van der Waals surface area (Å²) < 4.78 is 5.95. The van der Waals surface area contributed by atoms with Gasteiger partial charge in [0.15, 0.2) is 11.7 Å². The maximum absolute atomic E-state index is 12.0. The van der Waals surface area contributed by atoms with Gasteiger partial charge in [0.25, 0.3) is 0 Å². The van der Waals surface area contributed by atoms with E-state index in [4.69, 9.17) is 10.00 Å². The molecule has 0 spiro atoms. The number of rotatable bonds is 7. The van der Waals surface area contributed by atoms with Gasteiger partial charge in [0.1, 0.15) is 5.75 Å². The smallest absolute Gasteiger partial charge is 0.244 e. The first-order valence-electron chi connectivity index (χ1n) is 8.03. The van der Waals surface area contributed by atoms with Crippen LogP contribution in [0.2, 0.25) is 0 Å². The molecule has 1 saturated carbocycles. The van der Waals surface area contributed by atoms with E-state index in [1.807, 2.05) is 24.3 Å². The highest BCUT2D eigenvalue weighted by molar-refractivity contribution is 6.03. The zero-order valence-electron chi connectivity index (χ0n) is 13.4. The Bertz CT molecular complexity index is 601. The third-order valence-electron chi connectivity index (χ3n) is 4.12. The molecule has 0 aliphatic heterocycles. The minimum Gasteiger partial charge on any atom is -0.490 e. The molecule has 1 amide bonds. The molecule has 23 heavy (non-hydrogen) atoms. The molecule has 1 N–H and O–H groups in total. The van der Waals surface area contributed by atoms with Crippen molar-refractivity contribution in [2.45, 2.75) is 44.6 Å². The highest BCUT2D eigenvalue weighted by atomic mass is 16.5. The van der Waals surface area contributed by atoms with Crippen molar-refractivity contribution in [1.29, 1.82) is 5.26 Å². The van der Waals surface area contributed by atoms with Crippen LogP contribution in [-0.4, -0.2) is 24.8 Å². The summed E-state index contributed by atoms with van der Waals surface area (Å²) in [6.45, 7) is 0. The van der Waals surface area contributed by atoms with Gasteiger partial charge in [0.05, 0.1) is 12.2 Å². The van der Waals surface area contributed by atoms with Gasteiger partial charge >= 0.3 is 0 Å². The normalized spacial score (nSPS) is 15.7. The van der Waals surface area contributed by atoms with Crippen LogP contribution in [0.3, 0.4) is 0 Å². The molecular formula is C18H22N2O3. The van der Waals surface area contributed by atoms with E-state index in [1.54, 1.807) is 6.07 Å². The quantitative estimate of drug-likeness (QED) is 0.784. The second-order valence-corrected chi connectivity index (χ2v) is 5.81. The SMILES string of the molecule is CNC(=O)C(C#N)C(=O)CCc1cccc(OC2CCCC2)c1. The van der Waals surface area contributed by atoms with E-state index in [-0.39, 0.29) is 12.2 Å². The number of benzene rings is 1. The summed E-state index contributed by atoms with van der Waals surface area (Å²) in [5.74, 6) is -1.30. The summed E-state index contributed by atoms with van der Waals surface area (Å²) >= 11 is 0. The van der Waals surface area contributed by atoms with E-state index in [1.165, 1.54) is 19.9 Å². The Kier molecular flexibility index (Phi) is 6.16. The van der Waals surface area contributed by atoms with Gasteiger partial charge in [-0.25, -0.2) is 0 Å². The second kappa shape index (κ2) is 8.33. The number of nitriles is 1. The van der Waals surface area contributed by atoms with E-state index in [2.05, 4.69) is 5.32 Å². The predicted octanol–water partition coefficient (Wildman–Crippen LogP) is 2.40. The largest absolute Gasteiger partial charge is 0.490 e. The molecule has 5 heteroatoms. The Morgan fingerprint density at radius 2 is 2.13 bits per heavy atom. The fourth-order valence-electron chi connectivity index (χ4n) is 2.81. The molecule has 1 aromatic rings. The third kappa shape index (κ3) is 4.82. The van der Waals surface area contributed by atoms with E-state index >= 15 is 0 Å². The lowest BCUT2D eigenvalue weighted by molar-refractivity contribution is -0.131. The molecule has 1 unspecified atom stereocenters. The zero-order chi connectivity index (χ0) is 16.7. The number of carbonyl (C=O) groups is 2. The van der Waals surface area contributed by atoms with Gasteiger partial charge in [-0.3, -0.25) is 9.59 Å². The Morgan fingerprint density at radius 3 is 2.78 bits per heavy atom. The summed E-state index contributed by atoms with van der Waals surface area (Å²) in [5, 5.41) is 11.3. The highest BCUT2D eigenvalue weighted by Crippen LogP contribution is 2.25. The molecule has 2 rings (SSSR count). The number of nitrogens with zero attached hydrogens (tertiary/aromatic N) is 1. The summed E-state index contributed by atoms with van der Waals surface area (Å²) in [6.07, 6.45) is 5.58. The molecule has 122 valence electrons. The van der Waals surface area contributed by atoms with Crippen LogP contribution in [0, 0.1) is 17.2 Å². The van der Waals surface area contributed by atoms with Gasteiger partial charge in [-0.2, -0.15) is 5.26 Å². The first kappa shape index (κ1) is 17.0. The molecule has 1 aliphatic carbocycles. The van der Waals surface area contributed by atoms with Gasteiger partial charge in [-0.1, -0.05) is 12.1 Å². The van der Waals surface area contributed by atoms with Crippen molar-refractivity contribution in [2.24, 2.45) is 5.92 Å². The predicted molar refractivity (Wildman–Crippen MR) is 85.8 cm³/mol. The van der Waals surface area contributed by atoms with Crippen LogP contribution in [0.4, 0.5) is 0 Å². The molecule has 0 heterocycles. The van der Waals surface area contributed by atoms with Crippen molar-refractivity contribution < 1.29 is 14.3 Å². The first-order chi connectivity index (χ1) is 11.1. The number of hydrogen-bond acceptors (Lipinski definition) is 4. The van der Waals surface area contributed by atoms with Gasteiger partial charge in [-0.15, -0.1) is 0 Å². The third-order valence-corrected chi connectivity index (χ3v) is 4.12. The monoisotopic (exact) mass is 314 g/mol. The van der Waals surface area contributed by atoms with Crippen LogP contribution in [0.15, 0.2) is 24.3 Å². The fraction of sp³-hybridized carbons (Fsp3) is 0.500. The van der Waals surface area contributed by atoms with Crippen molar-refractivity contribution in [1.82, 2.24) is 5.32 Å². The number of hydrogen-bond donors (Lipinski definition) is 1. The number of amides is 1. The Balaban J connectivity index is 1.91. The molecule has 0 radical (unpaired) electrons. The lowest BCUT2D eigenvalue weighted by atomic mass is 9.98. The summed E-state index contributed by atoms with van der Waals surface area (Å²) in [4.78, 5) is 23.5. The zero-order valence-corrected chi connectivity index (χ0v) is 13.4. The Labute approximate surface area is 136 Å². The molecule has 0 saturated heterocycles. The molecule has 5 nitrogen and oxygen atoms in total. The molecule has 1 aliphatic rings. The lowest BCUT2D eigenvalue weighted by Crippen LogP contribution is -2.32. The van der Waals surface area contributed by atoms with E-state index in [0.717, 1.165) is 24.2 Å². The average Bonchev–Trinajstić information content (AvgIpc) is 3.06. The fourth-order valence-corrected chi connectivity index (χ4v) is 2.81. The Hall–Kier alpha value is -2.35. The van der Waals surface area contributed by atoms with E-state index < -0.39 is 11.8 Å². The maximum Gasteiger partial charge on any atom is 0.244 e. The van der Waals surface area contributed by atoms with Gasteiger partial charge in [-0.05, 0) is 49.8 Å². The van der Waals surface area contributed by atoms with Crippen LogP contribution < -0.4 is 10.1 Å². The number of ether oxygens (including phenoxy) is 1. The summed E-state index contributed by atoms with van der Waals surface area (Å²) in [5.41, 5.74) is 0.974. The van der Waals surface area contributed by atoms with Crippen LogP contribution in [0.1, 0.15) is 37.7 Å². The van der Waals surface area contributed by atoms with Gasteiger partial charge < -0.3 is 10.1 Å².